The molecule has 1 fully saturated rings. The van der Waals surface area contributed by atoms with Crippen molar-refractivity contribution < 1.29 is 4.42 Å². The van der Waals surface area contributed by atoms with E-state index in [2.05, 4.69) is 33.1 Å². The number of piperidine rings is 1. The first kappa shape index (κ1) is 14.1. The van der Waals surface area contributed by atoms with Crippen molar-refractivity contribution in [1.29, 1.82) is 0 Å². The van der Waals surface area contributed by atoms with E-state index in [0.29, 0.717) is 5.92 Å². The third kappa shape index (κ3) is 4.75. The Morgan fingerprint density at radius 3 is 2.78 bits per heavy atom. The molecule has 1 atom stereocenters. The summed E-state index contributed by atoms with van der Waals surface area (Å²) in [6.07, 6.45) is 4.16. The lowest BCUT2D eigenvalue weighted by Gasteiger charge is -2.29. The molecule has 1 aromatic rings. The predicted molar refractivity (Wildman–Crippen MR) is 77.6 cm³/mol. The number of nitrogens with one attached hydrogen (secondary N) is 1. The molecule has 1 unspecified atom stereocenters. The van der Waals surface area contributed by atoms with E-state index in [0.717, 1.165) is 23.5 Å². The molecule has 0 radical (unpaired) electrons. The fourth-order valence-electron chi connectivity index (χ4n) is 2.54. The number of hydrogen-bond acceptors (Lipinski definition) is 3. The summed E-state index contributed by atoms with van der Waals surface area (Å²) in [6.45, 7) is 7.98. The van der Waals surface area contributed by atoms with Gasteiger partial charge in [0.05, 0.1) is 6.54 Å². The average molecular weight is 315 g/mol. The highest BCUT2D eigenvalue weighted by atomic mass is 79.9. The van der Waals surface area contributed by atoms with Gasteiger partial charge in [-0.3, -0.25) is 0 Å². The maximum absolute atomic E-state index is 5.46. The Balaban J connectivity index is 1.60. The van der Waals surface area contributed by atoms with E-state index < -0.39 is 0 Å². The largest absolute Gasteiger partial charge is 0.453 e. The van der Waals surface area contributed by atoms with Gasteiger partial charge in [-0.2, -0.15) is 0 Å². The zero-order valence-electron chi connectivity index (χ0n) is 11.1. The quantitative estimate of drug-likeness (QED) is 0.873. The van der Waals surface area contributed by atoms with E-state index in [9.17, 15) is 0 Å². The van der Waals surface area contributed by atoms with Crippen molar-refractivity contribution in [2.75, 3.05) is 26.2 Å². The third-order valence-corrected chi connectivity index (χ3v) is 3.87. The predicted octanol–water partition coefficient (Wildman–Crippen LogP) is 3.25. The second-order valence-electron chi connectivity index (χ2n) is 5.30. The van der Waals surface area contributed by atoms with Gasteiger partial charge >= 0.3 is 0 Å². The van der Waals surface area contributed by atoms with Crippen molar-refractivity contribution in [2.45, 2.75) is 32.7 Å². The van der Waals surface area contributed by atoms with Gasteiger partial charge in [-0.15, -0.1) is 0 Å². The second kappa shape index (κ2) is 7.31. The first-order chi connectivity index (χ1) is 8.74. The molecule has 0 saturated carbocycles. The number of rotatable bonds is 6. The lowest BCUT2D eigenvalue weighted by Crippen LogP contribution is -2.36. The normalized spacial score (nSPS) is 19.0. The third-order valence-electron chi connectivity index (χ3n) is 3.44. The molecule has 1 aliphatic rings. The number of nitrogens with zero attached hydrogens (tertiary/aromatic N) is 1. The van der Waals surface area contributed by atoms with Crippen molar-refractivity contribution in [3.8, 4) is 0 Å². The molecule has 0 aliphatic carbocycles. The van der Waals surface area contributed by atoms with Crippen molar-refractivity contribution in [1.82, 2.24) is 10.2 Å². The summed E-state index contributed by atoms with van der Waals surface area (Å²) in [4.78, 5) is 2.60. The van der Waals surface area contributed by atoms with Crippen molar-refractivity contribution in [3.05, 3.63) is 22.6 Å². The molecule has 1 aromatic heterocycles. The number of hydrogen-bond donors (Lipinski definition) is 1. The van der Waals surface area contributed by atoms with E-state index in [-0.39, 0.29) is 0 Å². The lowest BCUT2D eigenvalue weighted by molar-refractivity contribution is 0.198. The van der Waals surface area contributed by atoms with E-state index in [4.69, 9.17) is 4.42 Å². The van der Waals surface area contributed by atoms with Crippen molar-refractivity contribution in [2.24, 2.45) is 5.92 Å². The SMILES string of the molecule is CC(CNCc1ccc(Br)o1)CN1CCCCC1. The van der Waals surface area contributed by atoms with E-state index in [1.807, 2.05) is 12.1 Å². The maximum atomic E-state index is 5.46. The van der Waals surface area contributed by atoms with Crippen LogP contribution in [0.25, 0.3) is 0 Å². The van der Waals surface area contributed by atoms with Gasteiger partial charge in [-0.1, -0.05) is 13.3 Å². The standard InChI is InChI=1S/C14H23BrN2O/c1-12(11-17-7-3-2-4-8-17)9-16-10-13-5-6-14(15)18-13/h5-6,12,16H,2-4,7-11H2,1H3. The van der Waals surface area contributed by atoms with Gasteiger partial charge in [0.15, 0.2) is 4.67 Å². The minimum Gasteiger partial charge on any atom is -0.453 e. The number of likely N-dealkylation sites (tertiary alicyclic amines) is 1. The van der Waals surface area contributed by atoms with Crippen LogP contribution in [0.2, 0.25) is 0 Å². The van der Waals surface area contributed by atoms with E-state index in [1.54, 1.807) is 0 Å². The summed E-state index contributed by atoms with van der Waals surface area (Å²) in [5.41, 5.74) is 0. The Kier molecular flexibility index (Phi) is 5.73. The first-order valence-corrected chi connectivity index (χ1v) is 7.70. The van der Waals surface area contributed by atoms with E-state index in [1.165, 1.54) is 38.9 Å². The molecule has 2 rings (SSSR count). The summed E-state index contributed by atoms with van der Waals surface area (Å²) in [7, 11) is 0. The smallest absolute Gasteiger partial charge is 0.169 e. The minimum absolute atomic E-state index is 0.696. The van der Waals surface area contributed by atoms with Crippen molar-refractivity contribution >= 4 is 15.9 Å². The molecule has 4 heteroatoms. The molecular formula is C14H23BrN2O. The fourth-order valence-corrected chi connectivity index (χ4v) is 2.88. The fraction of sp³-hybridized carbons (Fsp3) is 0.714. The Morgan fingerprint density at radius 2 is 2.11 bits per heavy atom. The second-order valence-corrected chi connectivity index (χ2v) is 6.08. The average Bonchev–Trinajstić information content (AvgIpc) is 2.76. The molecule has 0 aromatic carbocycles. The van der Waals surface area contributed by atoms with Crippen LogP contribution in [-0.2, 0) is 6.54 Å². The Morgan fingerprint density at radius 1 is 1.33 bits per heavy atom. The van der Waals surface area contributed by atoms with Crippen LogP contribution in [0.15, 0.2) is 21.2 Å². The Bertz CT molecular complexity index is 347. The van der Waals surface area contributed by atoms with Crippen LogP contribution < -0.4 is 5.32 Å². The maximum Gasteiger partial charge on any atom is 0.169 e. The molecule has 0 bridgehead atoms. The molecule has 18 heavy (non-hydrogen) atoms. The summed E-state index contributed by atoms with van der Waals surface area (Å²) >= 11 is 3.32. The highest BCUT2D eigenvalue weighted by molar-refractivity contribution is 9.10. The van der Waals surface area contributed by atoms with Gasteiger partial charge in [0.25, 0.3) is 0 Å². The number of furan rings is 1. The Hall–Kier alpha value is -0.320. The van der Waals surface area contributed by atoms with E-state index >= 15 is 0 Å². The topological polar surface area (TPSA) is 28.4 Å². The molecule has 0 amide bonds. The summed E-state index contributed by atoms with van der Waals surface area (Å²) in [5, 5.41) is 3.46. The van der Waals surface area contributed by atoms with Gasteiger partial charge < -0.3 is 14.6 Å². The number of halogens is 1. The van der Waals surface area contributed by atoms with Gasteiger partial charge in [0, 0.05) is 6.54 Å². The van der Waals surface area contributed by atoms with Crippen LogP contribution in [0.1, 0.15) is 31.9 Å². The monoisotopic (exact) mass is 314 g/mol. The highest BCUT2D eigenvalue weighted by Crippen LogP contribution is 2.14. The summed E-state index contributed by atoms with van der Waals surface area (Å²) < 4.78 is 6.27. The molecule has 102 valence electrons. The van der Waals surface area contributed by atoms with Crippen LogP contribution >= 0.6 is 15.9 Å². The van der Waals surface area contributed by atoms with Gasteiger partial charge in [-0.25, -0.2) is 0 Å². The molecule has 1 aliphatic heterocycles. The minimum atomic E-state index is 0.696. The van der Waals surface area contributed by atoms with Gasteiger partial charge in [0.1, 0.15) is 5.76 Å². The van der Waals surface area contributed by atoms with Gasteiger partial charge in [-0.05, 0) is 66.5 Å². The first-order valence-electron chi connectivity index (χ1n) is 6.91. The molecule has 1 saturated heterocycles. The molecule has 0 spiro atoms. The van der Waals surface area contributed by atoms with Crippen LogP contribution in [0, 0.1) is 5.92 Å². The zero-order valence-corrected chi connectivity index (χ0v) is 12.7. The Labute approximate surface area is 118 Å². The lowest BCUT2D eigenvalue weighted by atomic mass is 10.1. The van der Waals surface area contributed by atoms with Crippen LogP contribution in [0.4, 0.5) is 0 Å². The molecular weight excluding hydrogens is 292 g/mol. The van der Waals surface area contributed by atoms with Crippen LogP contribution in [0.3, 0.4) is 0 Å². The highest BCUT2D eigenvalue weighted by Gasteiger charge is 2.13. The molecule has 1 N–H and O–H groups in total. The van der Waals surface area contributed by atoms with Gasteiger partial charge in [0.2, 0.25) is 0 Å². The molecule has 3 nitrogen and oxygen atoms in total. The van der Waals surface area contributed by atoms with Crippen LogP contribution in [0.5, 0.6) is 0 Å². The van der Waals surface area contributed by atoms with Crippen molar-refractivity contribution in [3.63, 3.8) is 0 Å². The summed E-state index contributed by atoms with van der Waals surface area (Å²) in [5.74, 6) is 1.69. The summed E-state index contributed by atoms with van der Waals surface area (Å²) in [6, 6.07) is 3.94. The van der Waals surface area contributed by atoms with Crippen LogP contribution in [-0.4, -0.2) is 31.1 Å². The zero-order chi connectivity index (χ0) is 12.8. The molecule has 2 heterocycles.